The van der Waals surface area contributed by atoms with Crippen LogP contribution in [0.3, 0.4) is 0 Å². The van der Waals surface area contributed by atoms with Gasteiger partial charge in [-0.3, -0.25) is 0 Å². The molecule has 2 aromatic rings. The van der Waals surface area contributed by atoms with Crippen molar-refractivity contribution in [3.05, 3.63) is 30.7 Å². The van der Waals surface area contributed by atoms with Crippen LogP contribution in [0, 0.1) is 0 Å². The Hall–Kier alpha value is -1.80. The summed E-state index contributed by atoms with van der Waals surface area (Å²) >= 11 is 0. The van der Waals surface area contributed by atoms with E-state index in [0.717, 1.165) is 4.31 Å². The van der Waals surface area contributed by atoms with Gasteiger partial charge in [-0.15, -0.1) is 0 Å². The normalized spacial score (nSPS) is 11.5. The van der Waals surface area contributed by atoms with E-state index in [2.05, 4.69) is 9.68 Å². The van der Waals surface area contributed by atoms with E-state index in [0.29, 0.717) is 0 Å². The molecule has 0 aromatic carbocycles. The molecule has 2 N–H and O–H groups in total. The highest BCUT2D eigenvalue weighted by atomic mass is 32.2. The van der Waals surface area contributed by atoms with Gasteiger partial charge in [-0.2, -0.15) is 12.7 Å². The van der Waals surface area contributed by atoms with Crippen LogP contribution >= 0.6 is 0 Å². The van der Waals surface area contributed by atoms with Gasteiger partial charge in [-0.1, -0.05) is 5.16 Å². The van der Waals surface area contributed by atoms with E-state index in [4.69, 9.17) is 9.56 Å². The summed E-state index contributed by atoms with van der Waals surface area (Å²) < 4.78 is 32.8. The van der Waals surface area contributed by atoms with Crippen LogP contribution in [0.25, 0.3) is 0 Å². The van der Waals surface area contributed by atoms with Gasteiger partial charge in [0.25, 0.3) is 0 Å². The van der Waals surface area contributed by atoms with Gasteiger partial charge in [0.2, 0.25) is 5.88 Å². The molecule has 15 heavy (non-hydrogen) atoms. The molecule has 0 saturated heterocycles. The fourth-order valence-corrected chi connectivity index (χ4v) is 1.77. The molecule has 7 nitrogen and oxygen atoms in total. The highest BCUT2D eigenvalue weighted by molar-refractivity contribution is 7.90. The summed E-state index contributed by atoms with van der Waals surface area (Å²) in [7, 11) is -3.99. The maximum Gasteiger partial charge on any atom is 0.307 e. The minimum absolute atomic E-state index is 0.0347. The first-order valence-corrected chi connectivity index (χ1v) is 5.36. The molecule has 0 aliphatic heterocycles. The van der Waals surface area contributed by atoms with Gasteiger partial charge < -0.3 is 8.94 Å². The van der Waals surface area contributed by atoms with Crippen molar-refractivity contribution in [2.24, 2.45) is 5.14 Å². The van der Waals surface area contributed by atoms with Crippen LogP contribution in [0.5, 0.6) is 0 Å². The molecule has 0 fully saturated rings. The second-order valence-electron chi connectivity index (χ2n) is 2.62. The summed E-state index contributed by atoms with van der Waals surface area (Å²) in [6.45, 7) is 0. The van der Waals surface area contributed by atoms with Crippen LogP contribution in [0.4, 0.5) is 11.7 Å². The molecule has 0 spiro atoms. The van der Waals surface area contributed by atoms with Gasteiger partial charge in [0.15, 0.2) is 5.82 Å². The van der Waals surface area contributed by atoms with E-state index in [9.17, 15) is 8.42 Å². The molecule has 0 radical (unpaired) electrons. The Morgan fingerprint density at radius 3 is 2.60 bits per heavy atom. The van der Waals surface area contributed by atoms with Gasteiger partial charge in [-0.05, 0) is 6.07 Å². The molecule has 2 aromatic heterocycles. The molecule has 0 aliphatic carbocycles. The molecular weight excluding hydrogens is 222 g/mol. The molecule has 8 heteroatoms. The lowest BCUT2D eigenvalue weighted by Crippen LogP contribution is -2.32. The molecule has 0 aliphatic rings. The van der Waals surface area contributed by atoms with Crippen molar-refractivity contribution in [2.45, 2.75) is 0 Å². The Bertz CT molecular complexity index is 482. The first-order chi connectivity index (χ1) is 7.09. The zero-order chi connectivity index (χ0) is 10.9. The zero-order valence-electron chi connectivity index (χ0n) is 7.40. The Morgan fingerprint density at radius 2 is 2.13 bits per heavy atom. The average molecular weight is 229 g/mol. The third-order valence-corrected chi connectivity index (χ3v) is 2.47. The zero-order valence-corrected chi connectivity index (χ0v) is 8.22. The summed E-state index contributed by atoms with van der Waals surface area (Å²) in [6, 6.07) is 4.33. The van der Waals surface area contributed by atoms with Gasteiger partial charge in [-0.25, -0.2) is 5.14 Å². The molecule has 0 saturated carbocycles. The third-order valence-electron chi connectivity index (χ3n) is 1.59. The second kappa shape index (κ2) is 3.41. The summed E-state index contributed by atoms with van der Waals surface area (Å²) in [4.78, 5) is 0. The first-order valence-electron chi connectivity index (χ1n) is 3.86. The predicted molar refractivity (Wildman–Crippen MR) is 50.5 cm³/mol. The highest BCUT2D eigenvalue weighted by Crippen LogP contribution is 2.25. The van der Waals surface area contributed by atoms with E-state index in [-0.39, 0.29) is 11.7 Å². The molecule has 0 atom stereocenters. The summed E-state index contributed by atoms with van der Waals surface area (Å²) in [6.07, 6.45) is 2.56. The highest BCUT2D eigenvalue weighted by Gasteiger charge is 2.24. The van der Waals surface area contributed by atoms with Crippen molar-refractivity contribution in [3.63, 3.8) is 0 Å². The number of hydrogen-bond donors (Lipinski definition) is 1. The third kappa shape index (κ3) is 1.85. The van der Waals surface area contributed by atoms with Crippen molar-refractivity contribution in [3.8, 4) is 0 Å². The molecule has 80 valence electrons. The maximum absolute atomic E-state index is 11.3. The van der Waals surface area contributed by atoms with Crippen LogP contribution in [-0.2, 0) is 10.2 Å². The Kier molecular flexibility index (Phi) is 2.21. The van der Waals surface area contributed by atoms with E-state index >= 15 is 0 Å². The van der Waals surface area contributed by atoms with Gasteiger partial charge in [0.05, 0.1) is 6.26 Å². The van der Waals surface area contributed by atoms with Crippen molar-refractivity contribution in [2.75, 3.05) is 4.31 Å². The molecule has 0 unspecified atom stereocenters. The van der Waals surface area contributed by atoms with E-state index in [1.807, 2.05) is 0 Å². The van der Waals surface area contributed by atoms with Crippen LogP contribution < -0.4 is 9.44 Å². The van der Waals surface area contributed by atoms with Gasteiger partial charge >= 0.3 is 10.2 Å². The van der Waals surface area contributed by atoms with Crippen molar-refractivity contribution in [1.29, 1.82) is 0 Å². The summed E-state index contributed by atoms with van der Waals surface area (Å²) in [5.41, 5.74) is 0. The number of anilines is 2. The SMILES string of the molecule is NS(=O)(=O)N(c1ccon1)c1ccco1. The minimum Gasteiger partial charge on any atom is -0.447 e. The Labute approximate surface area is 85.2 Å². The minimum atomic E-state index is -3.99. The first kappa shape index (κ1) is 9.74. The number of rotatable bonds is 3. The topological polar surface area (TPSA) is 103 Å². The van der Waals surface area contributed by atoms with Crippen LogP contribution in [-0.4, -0.2) is 13.6 Å². The fraction of sp³-hybridized carbons (Fsp3) is 0. The number of hydrogen-bond acceptors (Lipinski definition) is 5. The monoisotopic (exact) mass is 229 g/mol. The lowest BCUT2D eigenvalue weighted by atomic mass is 10.6. The second-order valence-corrected chi connectivity index (χ2v) is 4.01. The van der Waals surface area contributed by atoms with Crippen LogP contribution in [0.1, 0.15) is 0 Å². The van der Waals surface area contributed by atoms with E-state index < -0.39 is 10.2 Å². The smallest absolute Gasteiger partial charge is 0.307 e. The summed E-state index contributed by atoms with van der Waals surface area (Å²) in [5.74, 6) is 0.0823. The number of nitrogens with zero attached hydrogens (tertiary/aromatic N) is 2. The maximum atomic E-state index is 11.3. The molecule has 0 amide bonds. The Balaban J connectivity index is 2.52. The van der Waals surface area contributed by atoms with E-state index in [1.165, 1.54) is 30.7 Å². The van der Waals surface area contributed by atoms with Gasteiger partial charge in [0, 0.05) is 12.1 Å². The lowest BCUT2D eigenvalue weighted by molar-refractivity contribution is 0.421. The number of nitrogens with two attached hydrogens (primary N) is 1. The van der Waals surface area contributed by atoms with Crippen molar-refractivity contribution in [1.82, 2.24) is 5.16 Å². The van der Waals surface area contributed by atoms with Crippen LogP contribution in [0.2, 0.25) is 0 Å². The van der Waals surface area contributed by atoms with Gasteiger partial charge in [0.1, 0.15) is 6.26 Å². The molecule has 0 bridgehead atoms. The predicted octanol–water partition coefficient (Wildman–Crippen LogP) is 0.609. The van der Waals surface area contributed by atoms with Crippen molar-refractivity contribution < 1.29 is 17.4 Å². The number of furan rings is 1. The fourth-order valence-electron chi connectivity index (χ4n) is 1.07. The number of aromatic nitrogens is 1. The largest absolute Gasteiger partial charge is 0.447 e. The van der Waals surface area contributed by atoms with E-state index in [1.54, 1.807) is 0 Å². The quantitative estimate of drug-likeness (QED) is 0.830. The molecule has 2 rings (SSSR count). The average Bonchev–Trinajstić information content (AvgIpc) is 2.73. The van der Waals surface area contributed by atoms with Crippen LogP contribution in [0.15, 0.2) is 39.7 Å². The Morgan fingerprint density at radius 1 is 1.33 bits per heavy atom. The lowest BCUT2D eigenvalue weighted by Gasteiger charge is -2.14. The standard InChI is InChI=1S/C7H7N3O4S/c8-15(11,12)10(6-3-5-14-9-6)7-2-1-4-13-7/h1-5H,(H2,8,11,12). The summed E-state index contributed by atoms with van der Waals surface area (Å²) in [5, 5.41) is 8.49. The van der Waals surface area contributed by atoms with Crippen molar-refractivity contribution >= 4 is 21.9 Å². The molecule has 2 heterocycles. The molecular formula is C7H7N3O4S.